The highest BCUT2D eigenvalue weighted by atomic mass is 19.1. The lowest BCUT2D eigenvalue weighted by molar-refractivity contribution is -0.179. The molecule has 0 amide bonds. The Balaban J connectivity index is 2.70. The van der Waals surface area contributed by atoms with Gasteiger partial charge in [0.1, 0.15) is 12.2 Å². The smallest absolute Gasteiger partial charge is 0.344 e. The van der Waals surface area contributed by atoms with Crippen LogP contribution in [-0.2, 0) is 14.3 Å². The number of hydrogen-bond donors (Lipinski definition) is 2. The number of aliphatic carboxylic acids is 1. The van der Waals surface area contributed by atoms with Gasteiger partial charge in [0, 0.05) is 0 Å². The molecule has 1 fully saturated rings. The van der Waals surface area contributed by atoms with Crippen LogP contribution in [0.4, 0.5) is 4.39 Å². The molecule has 6 heteroatoms. The third kappa shape index (κ3) is 2.45. The summed E-state index contributed by atoms with van der Waals surface area (Å²) in [6, 6.07) is 0. The van der Waals surface area contributed by atoms with E-state index in [9.17, 15) is 14.3 Å². The van der Waals surface area contributed by atoms with Gasteiger partial charge in [-0.3, -0.25) is 0 Å². The molecule has 0 spiro atoms. The number of ether oxygens (including phenoxy) is 2. The Morgan fingerprint density at radius 3 is 2.53 bits per heavy atom. The molecule has 0 aliphatic carbocycles. The van der Waals surface area contributed by atoms with Crippen LogP contribution in [0.2, 0.25) is 0 Å². The van der Waals surface area contributed by atoms with Crippen molar-refractivity contribution in [2.75, 3.05) is 6.61 Å². The monoisotopic (exact) mass is 222 g/mol. The van der Waals surface area contributed by atoms with Crippen LogP contribution in [-0.4, -0.2) is 46.5 Å². The molecular weight excluding hydrogens is 207 g/mol. The number of carbonyl (C=O) groups is 1. The second-order valence-corrected chi connectivity index (χ2v) is 4.19. The zero-order valence-corrected chi connectivity index (χ0v) is 8.86. The van der Waals surface area contributed by atoms with E-state index in [1.165, 1.54) is 0 Å². The molecule has 15 heavy (non-hydrogen) atoms. The fraction of sp³-hybridized carbons (Fsp3) is 0.889. The van der Waals surface area contributed by atoms with E-state index in [2.05, 4.69) is 0 Å². The summed E-state index contributed by atoms with van der Waals surface area (Å²) in [4.78, 5) is 10.5. The normalized spacial score (nSPS) is 30.9. The van der Waals surface area contributed by atoms with Crippen molar-refractivity contribution >= 4 is 5.97 Å². The van der Waals surface area contributed by atoms with Gasteiger partial charge >= 0.3 is 5.97 Å². The Morgan fingerprint density at radius 1 is 1.67 bits per heavy atom. The number of carboxylic acid groups (broad SMARTS) is 1. The summed E-state index contributed by atoms with van der Waals surface area (Å²) in [5, 5.41) is 18.1. The SMILES string of the molecule is CC1(C)OC[C@H]([C@@H](O)[C@@](C)(F)C(=O)O)O1. The van der Waals surface area contributed by atoms with Crippen LogP contribution in [0.15, 0.2) is 0 Å². The highest BCUT2D eigenvalue weighted by molar-refractivity contribution is 5.77. The van der Waals surface area contributed by atoms with Crippen LogP contribution in [0, 0.1) is 0 Å². The van der Waals surface area contributed by atoms with Crippen molar-refractivity contribution in [3.05, 3.63) is 0 Å². The van der Waals surface area contributed by atoms with Crippen LogP contribution in [0.3, 0.4) is 0 Å². The fourth-order valence-corrected chi connectivity index (χ4v) is 1.35. The molecule has 0 radical (unpaired) electrons. The van der Waals surface area contributed by atoms with Gasteiger partial charge in [-0.15, -0.1) is 0 Å². The van der Waals surface area contributed by atoms with Gasteiger partial charge in [-0.2, -0.15) is 0 Å². The van der Waals surface area contributed by atoms with E-state index in [-0.39, 0.29) is 6.61 Å². The average Bonchev–Trinajstić information content (AvgIpc) is 2.44. The van der Waals surface area contributed by atoms with E-state index in [4.69, 9.17) is 14.6 Å². The molecule has 0 aromatic carbocycles. The Kier molecular flexibility index (Phi) is 3.04. The Hall–Kier alpha value is -0.720. The van der Waals surface area contributed by atoms with Gasteiger partial charge < -0.3 is 19.7 Å². The first-order valence-corrected chi connectivity index (χ1v) is 4.59. The van der Waals surface area contributed by atoms with Gasteiger partial charge in [-0.25, -0.2) is 9.18 Å². The van der Waals surface area contributed by atoms with Crippen LogP contribution >= 0.6 is 0 Å². The number of alkyl halides is 1. The third-order valence-corrected chi connectivity index (χ3v) is 2.36. The summed E-state index contributed by atoms with van der Waals surface area (Å²) in [6.45, 7) is 3.99. The second-order valence-electron chi connectivity index (χ2n) is 4.19. The number of carboxylic acids is 1. The summed E-state index contributed by atoms with van der Waals surface area (Å²) in [5.41, 5.74) is -2.74. The molecule has 0 saturated carbocycles. The van der Waals surface area contributed by atoms with E-state index in [0.717, 1.165) is 6.92 Å². The Bertz CT molecular complexity index is 263. The van der Waals surface area contributed by atoms with Crippen LogP contribution < -0.4 is 0 Å². The van der Waals surface area contributed by atoms with Crippen molar-refractivity contribution in [3.63, 3.8) is 0 Å². The lowest BCUT2D eigenvalue weighted by atomic mass is 9.97. The highest BCUT2D eigenvalue weighted by Crippen LogP contribution is 2.29. The first kappa shape index (κ1) is 12.4. The van der Waals surface area contributed by atoms with Gasteiger partial charge in [0.15, 0.2) is 5.79 Å². The minimum Gasteiger partial charge on any atom is -0.479 e. The molecule has 0 unspecified atom stereocenters. The van der Waals surface area contributed by atoms with E-state index >= 15 is 0 Å². The summed E-state index contributed by atoms with van der Waals surface area (Å²) < 4.78 is 23.8. The van der Waals surface area contributed by atoms with E-state index in [1.807, 2.05) is 0 Å². The molecule has 88 valence electrons. The van der Waals surface area contributed by atoms with Crippen LogP contribution in [0.25, 0.3) is 0 Å². The number of rotatable bonds is 3. The average molecular weight is 222 g/mol. The van der Waals surface area contributed by atoms with Crippen molar-refractivity contribution in [2.45, 2.75) is 44.4 Å². The van der Waals surface area contributed by atoms with Gasteiger partial charge in [-0.1, -0.05) is 0 Å². The minimum absolute atomic E-state index is 0.0268. The Labute approximate surface area is 86.8 Å². The molecule has 0 bridgehead atoms. The van der Waals surface area contributed by atoms with E-state index in [0.29, 0.717) is 0 Å². The molecule has 0 aromatic heterocycles. The maximum Gasteiger partial charge on any atom is 0.344 e. The summed E-state index contributed by atoms with van der Waals surface area (Å²) >= 11 is 0. The first-order chi connectivity index (χ1) is 6.67. The lowest BCUT2D eigenvalue weighted by Gasteiger charge is -2.26. The quantitative estimate of drug-likeness (QED) is 0.718. The standard InChI is InChI=1S/C9H15FO5/c1-8(2)14-4-5(15-8)6(11)9(3,10)7(12)13/h5-6,11H,4H2,1-3H3,(H,12,13)/t5-,6-,9-/m1/s1. The molecule has 1 aliphatic rings. The lowest BCUT2D eigenvalue weighted by Crippen LogP contribution is -2.50. The zero-order chi connectivity index (χ0) is 11.9. The van der Waals surface area contributed by atoms with E-state index < -0.39 is 29.6 Å². The predicted octanol–water partition coefficient (Wildman–Crippen LogP) is 0.312. The molecule has 1 saturated heterocycles. The molecule has 2 N–H and O–H groups in total. The van der Waals surface area contributed by atoms with Crippen LogP contribution in [0.1, 0.15) is 20.8 Å². The maximum atomic E-state index is 13.5. The predicted molar refractivity (Wildman–Crippen MR) is 48.1 cm³/mol. The molecule has 1 aliphatic heterocycles. The minimum atomic E-state index is -2.74. The topological polar surface area (TPSA) is 76.0 Å². The van der Waals surface area contributed by atoms with Crippen molar-refractivity contribution in [1.82, 2.24) is 0 Å². The summed E-state index contributed by atoms with van der Waals surface area (Å²) in [6.07, 6.45) is -2.72. The van der Waals surface area contributed by atoms with E-state index in [1.54, 1.807) is 13.8 Å². The van der Waals surface area contributed by atoms with Gasteiger partial charge in [0.05, 0.1) is 6.61 Å². The Morgan fingerprint density at radius 2 is 2.20 bits per heavy atom. The zero-order valence-electron chi connectivity index (χ0n) is 8.86. The van der Waals surface area contributed by atoms with Gasteiger partial charge in [-0.05, 0) is 20.8 Å². The van der Waals surface area contributed by atoms with Crippen molar-refractivity contribution < 1.29 is 28.9 Å². The second kappa shape index (κ2) is 3.70. The molecule has 0 aromatic rings. The molecule has 3 atom stereocenters. The number of aliphatic hydroxyl groups excluding tert-OH is 1. The maximum absolute atomic E-state index is 13.5. The molecule has 1 rings (SSSR count). The fourth-order valence-electron chi connectivity index (χ4n) is 1.35. The third-order valence-electron chi connectivity index (χ3n) is 2.36. The number of aliphatic hydroxyl groups is 1. The summed E-state index contributed by atoms with van der Waals surface area (Å²) in [5.74, 6) is -2.64. The number of hydrogen-bond acceptors (Lipinski definition) is 4. The number of halogens is 1. The largest absolute Gasteiger partial charge is 0.479 e. The first-order valence-electron chi connectivity index (χ1n) is 4.59. The molecule has 5 nitrogen and oxygen atoms in total. The molecular formula is C9H15FO5. The van der Waals surface area contributed by atoms with Gasteiger partial charge in [0.25, 0.3) is 0 Å². The van der Waals surface area contributed by atoms with Gasteiger partial charge in [0.2, 0.25) is 5.67 Å². The van der Waals surface area contributed by atoms with Crippen molar-refractivity contribution in [2.24, 2.45) is 0 Å². The summed E-state index contributed by atoms with van der Waals surface area (Å²) in [7, 11) is 0. The van der Waals surface area contributed by atoms with Crippen molar-refractivity contribution in [3.8, 4) is 0 Å². The van der Waals surface area contributed by atoms with Crippen molar-refractivity contribution in [1.29, 1.82) is 0 Å². The molecule has 1 heterocycles. The highest BCUT2D eigenvalue weighted by Gasteiger charge is 2.49. The van der Waals surface area contributed by atoms with Crippen LogP contribution in [0.5, 0.6) is 0 Å².